The van der Waals surface area contributed by atoms with Crippen LogP contribution in [0, 0.1) is 0 Å². The molecule has 0 aromatic carbocycles. The monoisotopic (exact) mass is 228 g/mol. The Kier molecular flexibility index (Phi) is 5.98. The van der Waals surface area contributed by atoms with Crippen molar-refractivity contribution in [1.82, 2.24) is 9.80 Å². The zero-order chi connectivity index (χ0) is 12.0. The van der Waals surface area contributed by atoms with Gasteiger partial charge in [-0.3, -0.25) is 9.80 Å². The Labute approximate surface area is 98.5 Å². The van der Waals surface area contributed by atoms with E-state index in [4.69, 9.17) is 4.74 Å². The molecule has 94 valence electrons. The fourth-order valence-electron chi connectivity index (χ4n) is 2.02. The minimum Gasteiger partial charge on any atom is -0.390 e. The van der Waals surface area contributed by atoms with Gasteiger partial charge in [-0.1, -0.05) is 12.2 Å². The van der Waals surface area contributed by atoms with Crippen LogP contribution in [-0.4, -0.2) is 74.0 Å². The van der Waals surface area contributed by atoms with Crippen molar-refractivity contribution < 1.29 is 9.84 Å². The van der Waals surface area contributed by atoms with E-state index in [-0.39, 0.29) is 6.10 Å². The number of nitrogens with zero attached hydrogens (tertiary/aromatic N) is 2. The molecule has 16 heavy (non-hydrogen) atoms. The number of morpholine rings is 1. The molecule has 0 aromatic rings. The lowest BCUT2D eigenvalue weighted by Gasteiger charge is -2.30. The number of β-amino-alcohol motifs (C(OH)–C–C–N with tert-alkyl or cyclic N) is 1. The smallest absolute Gasteiger partial charge is 0.0793 e. The first-order chi connectivity index (χ1) is 7.58. The van der Waals surface area contributed by atoms with E-state index in [2.05, 4.69) is 16.4 Å². The van der Waals surface area contributed by atoms with E-state index in [1.54, 1.807) is 0 Å². The summed E-state index contributed by atoms with van der Waals surface area (Å²) in [6, 6.07) is 0. The quantitative estimate of drug-likeness (QED) is 0.658. The number of ether oxygens (including phenoxy) is 1. The molecule has 0 aliphatic carbocycles. The molecule has 0 unspecified atom stereocenters. The van der Waals surface area contributed by atoms with Crippen LogP contribution in [-0.2, 0) is 4.74 Å². The fraction of sp³-hybridized carbons (Fsp3) is 0.833. The average molecular weight is 228 g/mol. The summed E-state index contributed by atoms with van der Waals surface area (Å²) in [5.74, 6) is 0. The minimum atomic E-state index is -0.289. The molecule has 0 radical (unpaired) electrons. The van der Waals surface area contributed by atoms with Gasteiger partial charge >= 0.3 is 0 Å². The van der Waals surface area contributed by atoms with Gasteiger partial charge in [0, 0.05) is 32.7 Å². The van der Waals surface area contributed by atoms with Crippen LogP contribution in [0.4, 0.5) is 0 Å². The second-order valence-corrected chi connectivity index (χ2v) is 4.72. The van der Waals surface area contributed by atoms with Gasteiger partial charge in [-0.15, -0.1) is 0 Å². The van der Waals surface area contributed by atoms with E-state index >= 15 is 0 Å². The summed E-state index contributed by atoms with van der Waals surface area (Å²) < 4.78 is 5.27. The Morgan fingerprint density at radius 3 is 2.69 bits per heavy atom. The number of likely N-dealkylation sites (N-methyl/N-ethyl adjacent to an activating group) is 1. The average Bonchev–Trinajstić information content (AvgIpc) is 2.17. The second-order valence-electron chi connectivity index (χ2n) is 4.72. The number of rotatable bonds is 6. The lowest BCUT2D eigenvalue weighted by molar-refractivity contribution is 0.00924. The summed E-state index contributed by atoms with van der Waals surface area (Å²) in [5, 5.41) is 9.93. The Morgan fingerprint density at radius 2 is 2.12 bits per heavy atom. The summed E-state index contributed by atoms with van der Waals surface area (Å²) in [5.41, 5.74) is 1.13. The Bertz CT molecular complexity index is 215. The first-order valence-corrected chi connectivity index (χ1v) is 5.89. The third-order valence-electron chi connectivity index (χ3n) is 2.63. The van der Waals surface area contributed by atoms with Crippen molar-refractivity contribution in [1.29, 1.82) is 0 Å². The minimum absolute atomic E-state index is 0.289. The molecule has 1 atom stereocenters. The van der Waals surface area contributed by atoms with Crippen LogP contribution in [0.1, 0.15) is 6.92 Å². The Morgan fingerprint density at radius 1 is 1.50 bits per heavy atom. The van der Waals surface area contributed by atoms with Crippen molar-refractivity contribution in [3.05, 3.63) is 12.2 Å². The van der Waals surface area contributed by atoms with Crippen LogP contribution < -0.4 is 0 Å². The number of hydrogen-bond acceptors (Lipinski definition) is 4. The molecular weight excluding hydrogens is 204 g/mol. The maximum atomic E-state index is 9.93. The topological polar surface area (TPSA) is 35.9 Å². The van der Waals surface area contributed by atoms with Crippen LogP contribution in [0.2, 0.25) is 0 Å². The molecule has 1 N–H and O–H groups in total. The third kappa shape index (κ3) is 5.61. The summed E-state index contributed by atoms with van der Waals surface area (Å²) in [7, 11) is 2.01. The molecule has 0 bridgehead atoms. The van der Waals surface area contributed by atoms with Crippen LogP contribution in [0.3, 0.4) is 0 Å². The standard InChI is InChI=1S/C12H24N2O2/c1-11(2)8-13(3)9-12(15)10-14-4-6-16-7-5-14/h12,15H,1,4-10H2,2-3H3/t12-/m1/s1. The van der Waals surface area contributed by atoms with Gasteiger partial charge < -0.3 is 9.84 Å². The van der Waals surface area contributed by atoms with Crippen molar-refractivity contribution in [2.24, 2.45) is 0 Å². The van der Waals surface area contributed by atoms with Crippen molar-refractivity contribution in [2.75, 3.05) is 53.0 Å². The molecule has 1 rings (SSSR count). The molecule has 0 spiro atoms. The molecular formula is C12H24N2O2. The molecule has 4 nitrogen and oxygen atoms in total. The summed E-state index contributed by atoms with van der Waals surface area (Å²) >= 11 is 0. The SMILES string of the molecule is C=C(C)CN(C)C[C@@H](O)CN1CCOCC1. The summed E-state index contributed by atoms with van der Waals surface area (Å²) in [6.45, 7) is 11.6. The first kappa shape index (κ1) is 13.6. The molecule has 0 aromatic heterocycles. The van der Waals surface area contributed by atoms with Gasteiger partial charge in [0.25, 0.3) is 0 Å². The van der Waals surface area contributed by atoms with Crippen LogP contribution in [0.5, 0.6) is 0 Å². The van der Waals surface area contributed by atoms with Gasteiger partial charge in [0.2, 0.25) is 0 Å². The van der Waals surface area contributed by atoms with E-state index in [9.17, 15) is 5.11 Å². The molecule has 1 aliphatic heterocycles. The second kappa shape index (κ2) is 7.01. The van der Waals surface area contributed by atoms with E-state index in [0.717, 1.165) is 45.0 Å². The van der Waals surface area contributed by atoms with Crippen molar-refractivity contribution in [3.8, 4) is 0 Å². The highest BCUT2D eigenvalue weighted by Crippen LogP contribution is 2.01. The zero-order valence-corrected chi connectivity index (χ0v) is 10.5. The molecule has 0 saturated carbocycles. The van der Waals surface area contributed by atoms with Crippen LogP contribution >= 0.6 is 0 Å². The van der Waals surface area contributed by atoms with E-state index in [0.29, 0.717) is 6.54 Å². The molecule has 1 saturated heterocycles. The summed E-state index contributed by atoms with van der Waals surface area (Å²) in [4.78, 5) is 4.36. The number of hydrogen-bond donors (Lipinski definition) is 1. The first-order valence-electron chi connectivity index (χ1n) is 5.89. The highest BCUT2D eigenvalue weighted by atomic mass is 16.5. The van der Waals surface area contributed by atoms with Gasteiger partial charge in [-0.05, 0) is 14.0 Å². The van der Waals surface area contributed by atoms with E-state index in [1.807, 2.05) is 14.0 Å². The predicted molar refractivity (Wildman–Crippen MR) is 65.6 cm³/mol. The third-order valence-corrected chi connectivity index (χ3v) is 2.63. The van der Waals surface area contributed by atoms with Crippen molar-refractivity contribution >= 4 is 0 Å². The highest BCUT2D eigenvalue weighted by Gasteiger charge is 2.15. The van der Waals surface area contributed by atoms with Gasteiger partial charge in [0.05, 0.1) is 19.3 Å². The summed E-state index contributed by atoms with van der Waals surface area (Å²) in [6.07, 6.45) is -0.289. The van der Waals surface area contributed by atoms with Crippen LogP contribution in [0.15, 0.2) is 12.2 Å². The van der Waals surface area contributed by atoms with Crippen LogP contribution in [0.25, 0.3) is 0 Å². The fourth-order valence-corrected chi connectivity index (χ4v) is 2.02. The molecule has 1 fully saturated rings. The van der Waals surface area contributed by atoms with Gasteiger partial charge in [-0.25, -0.2) is 0 Å². The van der Waals surface area contributed by atoms with Gasteiger partial charge in [-0.2, -0.15) is 0 Å². The number of aliphatic hydroxyl groups is 1. The Balaban J connectivity index is 2.18. The van der Waals surface area contributed by atoms with Gasteiger partial charge in [0.15, 0.2) is 0 Å². The van der Waals surface area contributed by atoms with E-state index in [1.165, 1.54) is 0 Å². The highest BCUT2D eigenvalue weighted by molar-refractivity contribution is 4.91. The van der Waals surface area contributed by atoms with Crippen molar-refractivity contribution in [3.63, 3.8) is 0 Å². The lowest BCUT2D eigenvalue weighted by Crippen LogP contribution is -2.44. The normalized spacial score (nSPS) is 20.0. The zero-order valence-electron chi connectivity index (χ0n) is 10.5. The van der Waals surface area contributed by atoms with Crippen molar-refractivity contribution in [2.45, 2.75) is 13.0 Å². The van der Waals surface area contributed by atoms with E-state index < -0.39 is 0 Å². The molecule has 1 aliphatic rings. The predicted octanol–water partition coefficient (Wildman–Crippen LogP) is 0.187. The largest absolute Gasteiger partial charge is 0.390 e. The molecule has 1 heterocycles. The maximum Gasteiger partial charge on any atom is 0.0793 e. The molecule has 0 amide bonds. The maximum absolute atomic E-state index is 9.93. The molecule has 4 heteroatoms. The lowest BCUT2D eigenvalue weighted by atomic mass is 10.2. The van der Waals surface area contributed by atoms with Gasteiger partial charge in [0.1, 0.15) is 0 Å². The number of aliphatic hydroxyl groups excluding tert-OH is 1. The Hall–Kier alpha value is -0.420.